The number of hydrogen-bond acceptors (Lipinski definition) is 3. The lowest BCUT2D eigenvalue weighted by Crippen LogP contribution is -2.22. The summed E-state index contributed by atoms with van der Waals surface area (Å²) in [6.07, 6.45) is 0. The summed E-state index contributed by atoms with van der Waals surface area (Å²) < 4.78 is 12.9. The lowest BCUT2D eigenvalue weighted by atomic mass is 10.0. The number of phenolic OH excluding ortho intramolecular Hbond substituents is 2. The van der Waals surface area contributed by atoms with Gasteiger partial charge in [0.25, 0.3) is 0 Å². The monoisotopic (exact) mass is 275 g/mol. The topological polar surface area (TPSA) is 52.5 Å². The first-order valence-electron chi connectivity index (χ1n) is 6.51. The first-order valence-corrected chi connectivity index (χ1v) is 6.51. The molecule has 0 radical (unpaired) electrons. The van der Waals surface area contributed by atoms with Crippen molar-refractivity contribution in [1.82, 2.24) is 5.32 Å². The SMILES string of the molecule is CC(N[C@H](C)c1ccc(F)cc1)c1c(O)cccc1O. The van der Waals surface area contributed by atoms with Crippen LogP contribution in [0, 0.1) is 5.82 Å². The second kappa shape index (κ2) is 5.92. The molecule has 4 heteroatoms. The third-order valence-electron chi connectivity index (χ3n) is 3.36. The van der Waals surface area contributed by atoms with E-state index in [2.05, 4.69) is 5.32 Å². The summed E-state index contributed by atoms with van der Waals surface area (Å²) in [4.78, 5) is 0. The van der Waals surface area contributed by atoms with Gasteiger partial charge >= 0.3 is 0 Å². The molecule has 2 atom stereocenters. The number of benzene rings is 2. The number of phenols is 2. The number of hydrogen-bond donors (Lipinski definition) is 3. The van der Waals surface area contributed by atoms with Crippen LogP contribution in [0.4, 0.5) is 4.39 Å². The number of halogens is 1. The van der Waals surface area contributed by atoms with Crippen LogP contribution < -0.4 is 5.32 Å². The van der Waals surface area contributed by atoms with Crippen molar-refractivity contribution in [2.75, 3.05) is 0 Å². The molecular formula is C16H18FNO2. The van der Waals surface area contributed by atoms with E-state index in [1.165, 1.54) is 24.3 Å². The van der Waals surface area contributed by atoms with Gasteiger partial charge in [-0.3, -0.25) is 0 Å². The normalized spacial score (nSPS) is 13.9. The van der Waals surface area contributed by atoms with Crippen molar-refractivity contribution < 1.29 is 14.6 Å². The molecule has 0 amide bonds. The van der Waals surface area contributed by atoms with E-state index >= 15 is 0 Å². The standard InChI is InChI=1S/C16H18FNO2/c1-10(12-6-8-13(17)9-7-12)18-11(2)16-14(19)4-3-5-15(16)20/h3-11,18-20H,1-2H3/t10-,11?/m1/s1. The van der Waals surface area contributed by atoms with Crippen molar-refractivity contribution in [3.05, 3.63) is 59.4 Å². The Bertz CT molecular complexity index is 563. The zero-order valence-electron chi connectivity index (χ0n) is 11.5. The molecule has 1 unspecified atom stereocenters. The molecule has 3 N–H and O–H groups in total. The van der Waals surface area contributed by atoms with Crippen molar-refractivity contribution in [2.45, 2.75) is 25.9 Å². The molecule has 0 aliphatic heterocycles. The van der Waals surface area contributed by atoms with Gasteiger partial charge in [-0.2, -0.15) is 0 Å². The van der Waals surface area contributed by atoms with Gasteiger partial charge in [0, 0.05) is 12.1 Å². The quantitative estimate of drug-likeness (QED) is 0.798. The van der Waals surface area contributed by atoms with Crippen molar-refractivity contribution in [3.63, 3.8) is 0 Å². The molecule has 3 nitrogen and oxygen atoms in total. The van der Waals surface area contributed by atoms with Crippen LogP contribution in [-0.2, 0) is 0 Å². The molecule has 2 rings (SSSR count). The van der Waals surface area contributed by atoms with Gasteiger partial charge in [-0.15, -0.1) is 0 Å². The van der Waals surface area contributed by atoms with Gasteiger partial charge in [0.05, 0.1) is 5.56 Å². The molecule has 2 aromatic carbocycles. The van der Waals surface area contributed by atoms with Crippen LogP contribution in [0.5, 0.6) is 11.5 Å². The first kappa shape index (κ1) is 14.3. The van der Waals surface area contributed by atoms with Gasteiger partial charge in [0.2, 0.25) is 0 Å². The molecule has 0 spiro atoms. The van der Waals surface area contributed by atoms with E-state index in [0.29, 0.717) is 5.56 Å². The maximum absolute atomic E-state index is 12.9. The van der Waals surface area contributed by atoms with Gasteiger partial charge in [-0.05, 0) is 43.7 Å². The molecule has 0 aliphatic carbocycles. The zero-order chi connectivity index (χ0) is 14.7. The predicted molar refractivity (Wildman–Crippen MR) is 76.1 cm³/mol. The van der Waals surface area contributed by atoms with Crippen molar-refractivity contribution in [2.24, 2.45) is 0 Å². The fourth-order valence-electron chi connectivity index (χ4n) is 2.29. The van der Waals surface area contributed by atoms with E-state index in [9.17, 15) is 14.6 Å². The van der Waals surface area contributed by atoms with E-state index < -0.39 is 0 Å². The predicted octanol–water partition coefficient (Wildman–Crippen LogP) is 3.65. The average molecular weight is 275 g/mol. The van der Waals surface area contributed by atoms with E-state index in [1.807, 2.05) is 13.8 Å². The molecule has 0 aliphatic rings. The highest BCUT2D eigenvalue weighted by molar-refractivity contribution is 5.45. The Labute approximate surface area is 117 Å². The Hall–Kier alpha value is -2.07. The van der Waals surface area contributed by atoms with Gasteiger partial charge in [-0.1, -0.05) is 18.2 Å². The lowest BCUT2D eigenvalue weighted by Gasteiger charge is -2.22. The van der Waals surface area contributed by atoms with Crippen LogP contribution in [0.2, 0.25) is 0 Å². The Morgan fingerprint density at radius 3 is 2.00 bits per heavy atom. The van der Waals surface area contributed by atoms with Crippen LogP contribution in [-0.4, -0.2) is 10.2 Å². The Morgan fingerprint density at radius 2 is 1.45 bits per heavy atom. The number of aromatic hydroxyl groups is 2. The van der Waals surface area contributed by atoms with Crippen LogP contribution in [0.15, 0.2) is 42.5 Å². The second-order valence-corrected chi connectivity index (χ2v) is 4.87. The highest BCUT2D eigenvalue weighted by atomic mass is 19.1. The third kappa shape index (κ3) is 3.08. The number of nitrogens with one attached hydrogen (secondary N) is 1. The molecule has 106 valence electrons. The minimum Gasteiger partial charge on any atom is -0.507 e. The lowest BCUT2D eigenvalue weighted by molar-refractivity contribution is 0.407. The largest absolute Gasteiger partial charge is 0.507 e. The molecule has 0 heterocycles. The Morgan fingerprint density at radius 1 is 0.900 bits per heavy atom. The van der Waals surface area contributed by atoms with Gasteiger partial charge in [0.1, 0.15) is 17.3 Å². The van der Waals surface area contributed by atoms with Gasteiger partial charge < -0.3 is 15.5 Å². The molecule has 0 aromatic heterocycles. The van der Waals surface area contributed by atoms with Crippen molar-refractivity contribution in [3.8, 4) is 11.5 Å². The Kier molecular flexibility index (Phi) is 4.25. The van der Waals surface area contributed by atoms with Crippen LogP contribution >= 0.6 is 0 Å². The zero-order valence-corrected chi connectivity index (χ0v) is 11.5. The fraction of sp³-hybridized carbons (Fsp3) is 0.250. The smallest absolute Gasteiger partial charge is 0.124 e. The highest BCUT2D eigenvalue weighted by Crippen LogP contribution is 2.33. The molecule has 0 saturated heterocycles. The second-order valence-electron chi connectivity index (χ2n) is 4.87. The molecule has 0 bridgehead atoms. The molecule has 20 heavy (non-hydrogen) atoms. The molecular weight excluding hydrogens is 257 g/mol. The third-order valence-corrected chi connectivity index (χ3v) is 3.36. The molecule has 0 fully saturated rings. The van der Waals surface area contributed by atoms with E-state index in [1.54, 1.807) is 18.2 Å². The minimum absolute atomic E-state index is 0.0374. The maximum Gasteiger partial charge on any atom is 0.124 e. The van der Waals surface area contributed by atoms with Crippen LogP contribution in [0.25, 0.3) is 0 Å². The van der Waals surface area contributed by atoms with E-state index in [0.717, 1.165) is 5.56 Å². The van der Waals surface area contributed by atoms with E-state index in [4.69, 9.17) is 0 Å². The summed E-state index contributed by atoms with van der Waals surface area (Å²) in [5.74, 6) is -0.167. The Balaban J connectivity index is 2.15. The van der Waals surface area contributed by atoms with E-state index in [-0.39, 0.29) is 29.4 Å². The first-order chi connectivity index (χ1) is 9.49. The summed E-state index contributed by atoms with van der Waals surface area (Å²) >= 11 is 0. The van der Waals surface area contributed by atoms with Gasteiger partial charge in [0.15, 0.2) is 0 Å². The minimum atomic E-state index is -0.271. The summed E-state index contributed by atoms with van der Waals surface area (Å²) in [6.45, 7) is 3.80. The highest BCUT2D eigenvalue weighted by Gasteiger charge is 2.17. The summed E-state index contributed by atoms with van der Waals surface area (Å²) in [5.41, 5.74) is 1.40. The molecule has 0 saturated carbocycles. The maximum atomic E-state index is 12.9. The van der Waals surface area contributed by atoms with Crippen molar-refractivity contribution in [1.29, 1.82) is 0 Å². The summed E-state index contributed by atoms with van der Waals surface area (Å²) in [6, 6.07) is 10.6. The van der Waals surface area contributed by atoms with Crippen LogP contribution in [0.3, 0.4) is 0 Å². The fourth-order valence-corrected chi connectivity index (χ4v) is 2.29. The van der Waals surface area contributed by atoms with Crippen LogP contribution in [0.1, 0.15) is 37.1 Å². The average Bonchev–Trinajstić information content (AvgIpc) is 2.39. The van der Waals surface area contributed by atoms with Crippen molar-refractivity contribution >= 4 is 0 Å². The number of rotatable bonds is 4. The molecule has 2 aromatic rings. The summed E-state index contributed by atoms with van der Waals surface area (Å²) in [5, 5.41) is 22.9. The van der Waals surface area contributed by atoms with Gasteiger partial charge in [-0.25, -0.2) is 4.39 Å². The summed E-state index contributed by atoms with van der Waals surface area (Å²) in [7, 11) is 0.